The molecule has 0 atom stereocenters. The third-order valence-corrected chi connectivity index (χ3v) is 3.29. The lowest BCUT2D eigenvalue weighted by atomic mass is 10.1. The van der Waals surface area contributed by atoms with E-state index in [1.54, 1.807) is 0 Å². The largest absolute Gasteiger partial charge is 0.334 e. The Balaban J connectivity index is 1.71. The van der Waals surface area contributed by atoms with E-state index in [-0.39, 0.29) is 18.5 Å². The molecule has 0 radical (unpaired) electrons. The molecule has 0 spiro atoms. The first-order valence-electron chi connectivity index (χ1n) is 7.47. The molecule has 120 valence electrons. The van der Waals surface area contributed by atoms with Crippen molar-refractivity contribution < 1.29 is 9.59 Å². The molecule has 0 aromatic heterocycles. The van der Waals surface area contributed by atoms with Gasteiger partial charge in [-0.25, -0.2) is 4.79 Å². The molecular weight excluding hydrogens is 290 g/mol. The topological polar surface area (TPSA) is 70.2 Å². The van der Waals surface area contributed by atoms with Gasteiger partial charge in [0.1, 0.15) is 0 Å². The van der Waals surface area contributed by atoms with Gasteiger partial charge < -0.3 is 16.0 Å². The fourth-order valence-electron chi connectivity index (χ4n) is 2.04. The van der Waals surface area contributed by atoms with Gasteiger partial charge >= 0.3 is 6.03 Å². The zero-order chi connectivity index (χ0) is 16.7. The van der Waals surface area contributed by atoms with E-state index in [1.165, 1.54) is 5.56 Å². The second-order valence-corrected chi connectivity index (χ2v) is 5.44. The summed E-state index contributed by atoms with van der Waals surface area (Å²) >= 11 is 0. The maximum Gasteiger partial charge on any atom is 0.315 e. The number of hydrogen-bond acceptors (Lipinski definition) is 2. The molecule has 0 unspecified atom stereocenters. The molecule has 23 heavy (non-hydrogen) atoms. The van der Waals surface area contributed by atoms with Crippen molar-refractivity contribution in [1.82, 2.24) is 10.6 Å². The van der Waals surface area contributed by atoms with E-state index < -0.39 is 0 Å². The summed E-state index contributed by atoms with van der Waals surface area (Å²) in [5.41, 5.74) is 3.96. The molecule has 0 saturated heterocycles. The van der Waals surface area contributed by atoms with E-state index in [1.807, 2.05) is 62.4 Å². The van der Waals surface area contributed by atoms with Crippen LogP contribution in [0.3, 0.4) is 0 Å². The Morgan fingerprint density at radius 3 is 2.35 bits per heavy atom. The Kier molecular flexibility index (Phi) is 5.74. The molecule has 0 fully saturated rings. The minimum absolute atomic E-state index is 0.0757. The van der Waals surface area contributed by atoms with Gasteiger partial charge in [0.05, 0.1) is 6.54 Å². The summed E-state index contributed by atoms with van der Waals surface area (Å²) in [5, 5.41) is 7.99. The lowest BCUT2D eigenvalue weighted by Crippen LogP contribution is -2.39. The number of amides is 3. The third-order valence-electron chi connectivity index (χ3n) is 3.29. The smallest absolute Gasteiger partial charge is 0.315 e. The molecule has 2 aromatic carbocycles. The predicted molar refractivity (Wildman–Crippen MR) is 91.2 cm³/mol. The van der Waals surface area contributed by atoms with Gasteiger partial charge in [-0.15, -0.1) is 0 Å². The Bertz CT molecular complexity index is 681. The van der Waals surface area contributed by atoms with Crippen LogP contribution in [0.4, 0.5) is 10.5 Å². The van der Waals surface area contributed by atoms with Crippen LogP contribution in [-0.4, -0.2) is 18.5 Å². The van der Waals surface area contributed by atoms with Crippen LogP contribution in [0, 0.1) is 13.8 Å². The normalized spacial score (nSPS) is 10.0. The van der Waals surface area contributed by atoms with Crippen LogP contribution in [0.15, 0.2) is 48.5 Å². The highest BCUT2D eigenvalue weighted by atomic mass is 16.2. The Labute approximate surface area is 136 Å². The summed E-state index contributed by atoms with van der Waals surface area (Å²) in [5.74, 6) is -0.263. The van der Waals surface area contributed by atoms with Crippen LogP contribution in [0.25, 0.3) is 0 Å². The van der Waals surface area contributed by atoms with Crippen molar-refractivity contribution in [2.24, 2.45) is 0 Å². The third kappa shape index (κ3) is 5.82. The first kappa shape index (κ1) is 16.5. The van der Waals surface area contributed by atoms with Crippen molar-refractivity contribution >= 4 is 17.6 Å². The van der Waals surface area contributed by atoms with E-state index >= 15 is 0 Å². The lowest BCUT2D eigenvalue weighted by molar-refractivity contribution is -0.115. The lowest BCUT2D eigenvalue weighted by Gasteiger charge is -2.09. The quantitative estimate of drug-likeness (QED) is 0.794. The molecular formula is C18H21N3O2. The second kappa shape index (κ2) is 7.98. The average Bonchev–Trinajstić information content (AvgIpc) is 2.52. The number of carbonyl (C=O) groups excluding carboxylic acids is 2. The minimum Gasteiger partial charge on any atom is -0.334 e. The molecule has 5 nitrogen and oxygen atoms in total. The van der Waals surface area contributed by atoms with Gasteiger partial charge in [-0.2, -0.15) is 0 Å². The predicted octanol–water partition coefficient (Wildman–Crippen LogP) is 2.74. The van der Waals surface area contributed by atoms with Crippen molar-refractivity contribution in [3.8, 4) is 0 Å². The number of benzene rings is 2. The fourth-order valence-corrected chi connectivity index (χ4v) is 2.04. The van der Waals surface area contributed by atoms with Gasteiger partial charge in [0.2, 0.25) is 5.91 Å². The van der Waals surface area contributed by atoms with E-state index in [9.17, 15) is 9.59 Å². The zero-order valence-electron chi connectivity index (χ0n) is 13.3. The highest BCUT2D eigenvalue weighted by Gasteiger charge is 2.05. The van der Waals surface area contributed by atoms with E-state index in [2.05, 4.69) is 16.0 Å². The van der Waals surface area contributed by atoms with Gasteiger partial charge in [-0.1, -0.05) is 42.0 Å². The summed E-state index contributed by atoms with van der Waals surface area (Å²) < 4.78 is 0. The number of urea groups is 1. The minimum atomic E-state index is -0.370. The molecule has 0 aliphatic carbocycles. The van der Waals surface area contributed by atoms with Gasteiger partial charge in [0.15, 0.2) is 0 Å². The summed E-state index contributed by atoms with van der Waals surface area (Å²) in [4.78, 5) is 23.5. The summed E-state index contributed by atoms with van der Waals surface area (Å²) in [6.45, 7) is 4.31. The van der Waals surface area contributed by atoms with Crippen molar-refractivity contribution in [2.45, 2.75) is 20.4 Å². The average molecular weight is 311 g/mol. The molecule has 5 heteroatoms. The molecule has 0 aliphatic rings. The summed E-state index contributed by atoms with van der Waals surface area (Å²) in [7, 11) is 0. The van der Waals surface area contributed by atoms with Crippen molar-refractivity contribution in [3.63, 3.8) is 0 Å². The van der Waals surface area contributed by atoms with Crippen LogP contribution in [-0.2, 0) is 11.3 Å². The monoisotopic (exact) mass is 311 g/mol. The van der Waals surface area contributed by atoms with Crippen LogP contribution in [0.1, 0.15) is 16.7 Å². The van der Waals surface area contributed by atoms with E-state index in [4.69, 9.17) is 0 Å². The number of nitrogens with one attached hydrogen (secondary N) is 3. The second-order valence-electron chi connectivity index (χ2n) is 5.44. The zero-order valence-corrected chi connectivity index (χ0v) is 13.3. The number of rotatable bonds is 5. The van der Waals surface area contributed by atoms with E-state index in [0.29, 0.717) is 6.54 Å². The molecule has 2 aromatic rings. The summed E-state index contributed by atoms with van der Waals surface area (Å²) in [6, 6.07) is 15.0. The van der Waals surface area contributed by atoms with Crippen LogP contribution < -0.4 is 16.0 Å². The Morgan fingerprint density at radius 2 is 1.65 bits per heavy atom. The highest BCUT2D eigenvalue weighted by molar-refractivity contribution is 5.94. The molecule has 3 amide bonds. The standard InChI is InChI=1S/C18H21N3O2/c1-13-6-8-15(9-7-13)11-19-18(23)20-12-17(22)21-16-5-3-4-14(2)10-16/h3-10H,11-12H2,1-2H3,(H,21,22)(H2,19,20,23). The maximum atomic E-state index is 11.8. The maximum absolute atomic E-state index is 11.8. The number of hydrogen-bond donors (Lipinski definition) is 3. The van der Waals surface area contributed by atoms with Gasteiger partial charge in [-0.3, -0.25) is 4.79 Å². The Hall–Kier alpha value is -2.82. The van der Waals surface area contributed by atoms with Gasteiger partial charge in [0.25, 0.3) is 0 Å². The van der Waals surface area contributed by atoms with Gasteiger partial charge in [0, 0.05) is 12.2 Å². The molecule has 0 saturated carbocycles. The van der Waals surface area contributed by atoms with Crippen molar-refractivity contribution in [1.29, 1.82) is 0 Å². The Morgan fingerprint density at radius 1 is 0.913 bits per heavy atom. The van der Waals surface area contributed by atoms with Crippen molar-refractivity contribution in [2.75, 3.05) is 11.9 Å². The molecule has 3 N–H and O–H groups in total. The SMILES string of the molecule is Cc1ccc(CNC(=O)NCC(=O)Nc2cccc(C)c2)cc1. The van der Waals surface area contributed by atoms with E-state index in [0.717, 1.165) is 16.8 Å². The fraction of sp³-hybridized carbons (Fsp3) is 0.222. The molecule has 0 heterocycles. The number of carbonyl (C=O) groups is 2. The molecule has 0 bridgehead atoms. The molecule has 2 rings (SSSR count). The summed E-state index contributed by atoms with van der Waals surface area (Å²) in [6.07, 6.45) is 0. The van der Waals surface area contributed by atoms with Gasteiger partial charge in [-0.05, 0) is 37.1 Å². The van der Waals surface area contributed by atoms with Crippen LogP contribution in [0.2, 0.25) is 0 Å². The van der Waals surface area contributed by atoms with Crippen molar-refractivity contribution in [3.05, 3.63) is 65.2 Å². The highest BCUT2D eigenvalue weighted by Crippen LogP contribution is 2.08. The first-order chi connectivity index (χ1) is 11.0. The van der Waals surface area contributed by atoms with Crippen LogP contribution in [0.5, 0.6) is 0 Å². The number of aryl methyl sites for hydroxylation is 2. The number of anilines is 1. The molecule has 0 aliphatic heterocycles. The van der Waals surface area contributed by atoms with Crippen LogP contribution >= 0.6 is 0 Å². The first-order valence-corrected chi connectivity index (χ1v) is 7.47.